The summed E-state index contributed by atoms with van der Waals surface area (Å²) in [6.45, 7) is 1.65. The Kier molecular flexibility index (Phi) is 4.49. The van der Waals surface area contributed by atoms with Gasteiger partial charge in [-0.1, -0.05) is 6.07 Å². The molecule has 0 aromatic carbocycles. The zero-order chi connectivity index (χ0) is 13.0. The molecule has 0 aliphatic rings. The first-order chi connectivity index (χ1) is 8.77. The highest BCUT2D eigenvalue weighted by atomic mass is 32.2. The minimum atomic E-state index is 0.645. The van der Waals surface area contributed by atoms with Gasteiger partial charge >= 0.3 is 0 Å². The van der Waals surface area contributed by atoms with Crippen LogP contribution in [0.15, 0.2) is 24.4 Å². The molecular weight excluding hydrogens is 244 g/mol. The second kappa shape index (κ2) is 6.11. The number of hydrogen-bond donors (Lipinski definition) is 1. The molecule has 0 aliphatic heterocycles. The second-order valence-electron chi connectivity index (χ2n) is 4.26. The average molecular weight is 264 g/mol. The van der Waals surface area contributed by atoms with Crippen LogP contribution < -0.4 is 10.6 Å². The lowest BCUT2D eigenvalue weighted by Crippen LogP contribution is -2.22. The molecule has 0 fully saturated rings. The number of nitrogens with zero attached hydrogens (tertiary/aromatic N) is 3. The molecule has 0 spiro atoms. The van der Waals surface area contributed by atoms with Crippen LogP contribution in [0.5, 0.6) is 0 Å². The number of aromatic nitrogens is 2. The first-order valence-corrected chi connectivity index (χ1v) is 7.53. The van der Waals surface area contributed by atoms with E-state index < -0.39 is 0 Å². The van der Waals surface area contributed by atoms with Gasteiger partial charge in [-0.15, -0.1) is 0 Å². The van der Waals surface area contributed by atoms with Crippen molar-refractivity contribution in [2.24, 2.45) is 5.73 Å². The Hall–Kier alpha value is -1.20. The Morgan fingerprint density at radius 3 is 3.00 bits per heavy atom. The SMILES string of the molecule is CSCCN(C)c1nc2ccccn2c1CCN. The summed E-state index contributed by atoms with van der Waals surface area (Å²) in [5, 5.41) is 0. The van der Waals surface area contributed by atoms with Gasteiger partial charge in [-0.25, -0.2) is 4.98 Å². The quantitative estimate of drug-likeness (QED) is 0.861. The Morgan fingerprint density at radius 1 is 1.44 bits per heavy atom. The van der Waals surface area contributed by atoms with Crippen LogP contribution in [0.3, 0.4) is 0 Å². The molecule has 0 atom stereocenters. The fourth-order valence-corrected chi connectivity index (χ4v) is 2.50. The van der Waals surface area contributed by atoms with Crippen LogP contribution in [-0.2, 0) is 6.42 Å². The lowest BCUT2D eigenvalue weighted by atomic mass is 10.3. The maximum Gasteiger partial charge on any atom is 0.150 e. The van der Waals surface area contributed by atoms with Gasteiger partial charge in [-0.2, -0.15) is 11.8 Å². The molecule has 2 aromatic rings. The van der Waals surface area contributed by atoms with E-state index in [0.717, 1.165) is 30.2 Å². The summed E-state index contributed by atoms with van der Waals surface area (Å²) in [4.78, 5) is 6.92. The van der Waals surface area contributed by atoms with Crippen LogP contribution >= 0.6 is 11.8 Å². The number of rotatable bonds is 6. The largest absolute Gasteiger partial charge is 0.357 e. The molecule has 0 aliphatic carbocycles. The van der Waals surface area contributed by atoms with E-state index in [2.05, 4.69) is 28.8 Å². The molecule has 18 heavy (non-hydrogen) atoms. The van der Waals surface area contributed by atoms with Gasteiger partial charge in [0.05, 0.1) is 5.69 Å². The normalized spacial score (nSPS) is 11.1. The number of nitrogens with two attached hydrogens (primary N) is 1. The Bertz CT molecular complexity index is 509. The van der Waals surface area contributed by atoms with E-state index in [1.165, 1.54) is 5.69 Å². The maximum atomic E-state index is 5.72. The van der Waals surface area contributed by atoms with Crippen molar-refractivity contribution in [3.05, 3.63) is 30.1 Å². The number of pyridine rings is 1. The standard InChI is InChI=1S/C13H20N4S/c1-16(9-10-18-2)13-11(6-7-14)17-8-4-3-5-12(17)15-13/h3-5,8H,6-7,9-10,14H2,1-2H3. The molecule has 0 saturated heterocycles. The molecular formula is C13H20N4S. The van der Waals surface area contributed by atoms with Crippen LogP contribution in [0.4, 0.5) is 5.82 Å². The maximum absolute atomic E-state index is 5.72. The van der Waals surface area contributed by atoms with E-state index in [4.69, 9.17) is 10.7 Å². The molecule has 5 heteroatoms. The molecule has 0 amide bonds. The minimum Gasteiger partial charge on any atom is -0.357 e. The van der Waals surface area contributed by atoms with E-state index in [-0.39, 0.29) is 0 Å². The Morgan fingerprint density at radius 2 is 2.28 bits per heavy atom. The highest BCUT2D eigenvalue weighted by Gasteiger charge is 2.14. The summed E-state index contributed by atoms with van der Waals surface area (Å²) in [6, 6.07) is 6.08. The van der Waals surface area contributed by atoms with E-state index in [9.17, 15) is 0 Å². The van der Waals surface area contributed by atoms with Crippen molar-refractivity contribution in [3.63, 3.8) is 0 Å². The smallest absolute Gasteiger partial charge is 0.150 e. The van der Waals surface area contributed by atoms with Crippen molar-refractivity contribution in [1.29, 1.82) is 0 Å². The van der Waals surface area contributed by atoms with Crippen molar-refractivity contribution < 1.29 is 0 Å². The zero-order valence-electron chi connectivity index (χ0n) is 11.0. The minimum absolute atomic E-state index is 0.645. The predicted octanol–water partition coefficient (Wildman–Crippen LogP) is 1.63. The van der Waals surface area contributed by atoms with E-state index in [1.807, 2.05) is 30.0 Å². The van der Waals surface area contributed by atoms with Crippen LogP contribution in [0, 0.1) is 0 Å². The first kappa shape index (κ1) is 13.2. The predicted molar refractivity (Wildman–Crippen MR) is 79.6 cm³/mol. The van der Waals surface area contributed by atoms with Gasteiger partial charge in [0.1, 0.15) is 5.65 Å². The molecule has 0 bridgehead atoms. The van der Waals surface area contributed by atoms with E-state index in [0.29, 0.717) is 6.54 Å². The third-order valence-electron chi connectivity index (χ3n) is 2.98. The summed E-state index contributed by atoms with van der Waals surface area (Å²) in [5.41, 5.74) is 7.91. The monoisotopic (exact) mass is 264 g/mol. The van der Waals surface area contributed by atoms with Gasteiger partial charge in [0.25, 0.3) is 0 Å². The van der Waals surface area contributed by atoms with Crippen molar-refractivity contribution in [2.45, 2.75) is 6.42 Å². The number of imidazole rings is 1. The summed E-state index contributed by atoms with van der Waals surface area (Å²) < 4.78 is 2.14. The topological polar surface area (TPSA) is 46.6 Å². The zero-order valence-corrected chi connectivity index (χ0v) is 11.8. The molecule has 0 radical (unpaired) electrons. The van der Waals surface area contributed by atoms with Crippen LogP contribution in [-0.4, -0.2) is 41.5 Å². The molecule has 2 heterocycles. The van der Waals surface area contributed by atoms with Gasteiger partial charge in [0, 0.05) is 32.0 Å². The molecule has 2 rings (SSSR count). The third-order valence-corrected chi connectivity index (χ3v) is 3.57. The molecule has 0 saturated carbocycles. The summed E-state index contributed by atoms with van der Waals surface area (Å²) >= 11 is 1.85. The molecule has 98 valence electrons. The molecule has 4 nitrogen and oxygen atoms in total. The highest BCUT2D eigenvalue weighted by molar-refractivity contribution is 7.98. The van der Waals surface area contributed by atoms with E-state index in [1.54, 1.807) is 0 Å². The lowest BCUT2D eigenvalue weighted by Gasteiger charge is -2.17. The third kappa shape index (κ3) is 2.62. The second-order valence-corrected chi connectivity index (χ2v) is 5.25. The van der Waals surface area contributed by atoms with Crippen molar-refractivity contribution in [2.75, 3.05) is 37.0 Å². The van der Waals surface area contributed by atoms with Crippen LogP contribution in [0.1, 0.15) is 5.69 Å². The Labute approximate surface area is 112 Å². The molecule has 2 aromatic heterocycles. The molecule has 0 unspecified atom stereocenters. The van der Waals surface area contributed by atoms with Crippen molar-refractivity contribution in [1.82, 2.24) is 9.38 Å². The Balaban J connectivity index is 2.38. The summed E-state index contributed by atoms with van der Waals surface area (Å²) in [7, 11) is 2.10. The van der Waals surface area contributed by atoms with Crippen molar-refractivity contribution >= 4 is 23.2 Å². The van der Waals surface area contributed by atoms with Crippen molar-refractivity contribution in [3.8, 4) is 0 Å². The number of fused-ring (bicyclic) bond motifs is 1. The number of anilines is 1. The van der Waals surface area contributed by atoms with Gasteiger partial charge < -0.3 is 15.0 Å². The molecule has 2 N–H and O–H groups in total. The van der Waals surface area contributed by atoms with Gasteiger partial charge in [-0.3, -0.25) is 0 Å². The van der Waals surface area contributed by atoms with Gasteiger partial charge in [0.2, 0.25) is 0 Å². The lowest BCUT2D eigenvalue weighted by molar-refractivity contribution is 0.876. The van der Waals surface area contributed by atoms with Gasteiger partial charge in [0.15, 0.2) is 5.82 Å². The van der Waals surface area contributed by atoms with E-state index >= 15 is 0 Å². The summed E-state index contributed by atoms with van der Waals surface area (Å²) in [6.07, 6.45) is 5.03. The number of thioether (sulfide) groups is 1. The fraction of sp³-hybridized carbons (Fsp3) is 0.462. The van der Waals surface area contributed by atoms with Gasteiger partial charge in [-0.05, 0) is 24.9 Å². The summed E-state index contributed by atoms with van der Waals surface area (Å²) in [5.74, 6) is 2.16. The first-order valence-electron chi connectivity index (χ1n) is 6.14. The highest BCUT2D eigenvalue weighted by Crippen LogP contribution is 2.21. The average Bonchev–Trinajstić information content (AvgIpc) is 2.76. The van der Waals surface area contributed by atoms with Crippen LogP contribution in [0.2, 0.25) is 0 Å². The van der Waals surface area contributed by atoms with Crippen LogP contribution in [0.25, 0.3) is 5.65 Å². The number of hydrogen-bond acceptors (Lipinski definition) is 4. The fourth-order valence-electron chi connectivity index (χ4n) is 2.04.